The minimum Gasteiger partial charge on any atom is -0.393 e. The molecule has 0 bridgehead atoms. The van der Waals surface area contributed by atoms with Crippen LogP contribution in [0.1, 0.15) is 32.8 Å². The fourth-order valence-electron chi connectivity index (χ4n) is 1.67. The van der Waals surface area contributed by atoms with E-state index in [4.69, 9.17) is 0 Å². The molecule has 15 heavy (non-hydrogen) atoms. The summed E-state index contributed by atoms with van der Waals surface area (Å²) in [7, 11) is 0. The van der Waals surface area contributed by atoms with Gasteiger partial charge in [-0.05, 0) is 30.2 Å². The zero-order valence-corrected chi connectivity index (χ0v) is 9.98. The summed E-state index contributed by atoms with van der Waals surface area (Å²) in [5, 5.41) is 9.95. The average Bonchev–Trinajstić information content (AvgIpc) is 2.26. The number of aliphatic hydroxyl groups excluding tert-OH is 1. The molecule has 0 saturated carbocycles. The van der Waals surface area contributed by atoms with E-state index in [9.17, 15) is 5.11 Å². The molecule has 2 atom stereocenters. The van der Waals surface area contributed by atoms with Crippen LogP contribution in [0.2, 0.25) is 0 Å². The monoisotopic (exact) mass is 206 g/mol. The average molecular weight is 206 g/mol. The Hall–Kier alpha value is -0.820. The van der Waals surface area contributed by atoms with E-state index in [0.717, 1.165) is 12.8 Å². The van der Waals surface area contributed by atoms with Crippen molar-refractivity contribution in [1.29, 1.82) is 0 Å². The highest BCUT2D eigenvalue weighted by Crippen LogP contribution is 2.18. The summed E-state index contributed by atoms with van der Waals surface area (Å²) in [4.78, 5) is 0. The second-order valence-electron chi connectivity index (χ2n) is 4.69. The lowest BCUT2D eigenvalue weighted by molar-refractivity contribution is 0.0842. The molecule has 0 aliphatic rings. The van der Waals surface area contributed by atoms with Crippen LogP contribution in [0.4, 0.5) is 0 Å². The summed E-state index contributed by atoms with van der Waals surface area (Å²) < 4.78 is 0. The van der Waals surface area contributed by atoms with Crippen molar-refractivity contribution < 1.29 is 5.11 Å². The zero-order valence-electron chi connectivity index (χ0n) is 9.98. The fraction of sp³-hybridized carbons (Fsp3) is 0.571. The number of aryl methyl sites for hydroxylation is 1. The Morgan fingerprint density at radius 1 is 1.07 bits per heavy atom. The number of hydrogen-bond donors (Lipinski definition) is 1. The van der Waals surface area contributed by atoms with Gasteiger partial charge in [-0.2, -0.15) is 0 Å². The Morgan fingerprint density at radius 2 is 1.67 bits per heavy atom. The fourth-order valence-corrected chi connectivity index (χ4v) is 1.67. The van der Waals surface area contributed by atoms with Gasteiger partial charge in [0.2, 0.25) is 0 Å². The van der Waals surface area contributed by atoms with Crippen molar-refractivity contribution in [3.8, 4) is 0 Å². The highest BCUT2D eigenvalue weighted by Gasteiger charge is 2.16. The lowest BCUT2D eigenvalue weighted by Gasteiger charge is -2.22. The van der Waals surface area contributed by atoms with Gasteiger partial charge in [-0.25, -0.2) is 0 Å². The predicted octanol–water partition coefficient (Wildman–Crippen LogP) is 3.27. The smallest absolute Gasteiger partial charge is 0.0571 e. The van der Waals surface area contributed by atoms with Crippen LogP contribution in [0.3, 0.4) is 0 Å². The molecule has 0 heterocycles. The van der Waals surface area contributed by atoms with Gasteiger partial charge in [-0.15, -0.1) is 0 Å². The van der Waals surface area contributed by atoms with Crippen LogP contribution in [0, 0.1) is 11.8 Å². The first-order chi connectivity index (χ1) is 7.11. The van der Waals surface area contributed by atoms with E-state index >= 15 is 0 Å². The Balaban J connectivity index is 2.37. The Morgan fingerprint density at radius 3 is 2.20 bits per heavy atom. The van der Waals surface area contributed by atoms with Gasteiger partial charge in [0.25, 0.3) is 0 Å². The molecule has 0 amide bonds. The Bertz CT molecular complexity index is 266. The van der Waals surface area contributed by atoms with E-state index in [1.54, 1.807) is 0 Å². The molecule has 1 aromatic rings. The number of benzene rings is 1. The van der Waals surface area contributed by atoms with E-state index in [0.29, 0.717) is 11.8 Å². The first kappa shape index (κ1) is 12.3. The summed E-state index contributed by atoms with van der Waals surface area (Å²) >= 11 is 0. The van der Waals surface area contributed by atoms with Gasteiger partial charge in [0, 0.05) is 0 Å². The second kappa shape index (κ2) is 5.92. The molecule has 1 nitrogen and oxygen atoms in total. The first-order valence-electron chi connectivity index (χ1n) is 5.83. The third-order valence-electron chi connectivity index (χ3n) is 3.23. The molecule has 0 fully saturated rings. The highest BCUT2D eigenvalue weighted by atomic mass is 16.3. The van der Waals surface area contributed by atoms with Crippen LogP contribution in [0.15, 0.2) is 30.3 Å². The van der Waals surface area contributed by atoms with Gasteiger partial charge in [0.1, 0.15) is 0 Å². The second-order valence-corrected chi connectivity index (χ2v) is 4.69. The molecule has 84 valence electrons. The van der Waals surface area contributed by atoms with Crippen LogP contribution in [0.5, 0.6) is 0 Å². The standard InChI is InChI=1S/C14H22O/c1-11(2)12(3)14(15)10-9-13-7-5-4-6-8-13/h4-8,11-12,14-15H,9-10H2,1-3H3. The van der Waals surface area contributed by atoms with Crippen LogP contribution in [-0.4, -0.2) is 11.2 Å². The van der Waals surface area contributed by atoms with Crippen molar-refractivity contribution in [2.24, 2.45) is 11.8 Å². The maximum absolute atomic E-state index is 9.95. The summed E-state index contributed by atoms with van der Waals surface area (Å²) in [5.41, 5.74) is 1.31. The van der Waals surface area contributed by atoms with E-state index < -0.39 is 0 Å². The van der Waals surface area contributed by atoms with Crippen LogP contribution in [-0.2, 0) is 6.42 Å². The molecule has 2 unspecified atom stereocenters. The molecule has 0 saturated heterocycles. The zero-order chi connectivity index (χ0) is 11.3. The lowest BCUT2D eigenvalue weighted by atomic mass is 9.89. The number of rotatable bonds is 5. The maximum atomic E-state index is 9.95. The largest absolute Gasteiger partial charge is 0.393 e. The van der Waals surface area contributed by atoms with Gasteiger partial charge < -0.3 is 5.11 Å². The van der Waals surface area contributed by atoms with Crippen LogP contribution < -0.4 is 0 Å². The van der Waals surface area contributed by atoms with Crippen molar-refractivity contribution in [3.05, 3.63) is 35.9 Å². The number of aliphatic hydroxyl groups is 1. The molecule has 1 aromatic carbocycles. The van der Waals surface area contributed by atoms with E-state index in [-0.39, 0.29) is 6.10 Å². The summed E-state index contributed by atoms with van der Waals surface area (Å²) in [6, 6.07) is 10.4. The molecule has 0 aromatic heterocycles. The Kier molecular flexibility index (Phi) is 4.83. The molecular formula is C14H22O. The third kappa shape index (κ3) is 4.05. The minimum atomic E-state index is -0.176. The van der Waals surface area contributed by atoms with Gasteiger partial charge in [0.05, 0.1) is 6.10 Å². The SMILES string of the molecule is CC(C)C(C)C(O)CCc1ccccc1. The Labute approximate surface area is 93.1 Å². The molecule has 0 spiro atoms. The topological polar surface area (TPSA) is 20.2 Å². The van der Waals surface area contributed by atoms with Gasteiger partial charge >= 0.3 is 0 Å². The molecular weight excluding hydrogens is 184 g/mol. The van der Waals surface area contributed by atoms with Crippen molar-refractivity contribution in [2.75, 3.05) is 0 Å². The van der Waals surface area contributed by atoms with Crippen molar-refractivity contribution >= 4 is 0 Å². The molecule has 1 rings (SSSR count). The minimum absolute atomic E-state index is 0.176. The van der Waals surface area contributed by atoms with Crippen molar-refractivity contribution in [2.45, 2.75) is 39.7 Å². The summed E-state index contributed by atoms with van der Waals surface area (Å²) in [6.45, 7) is 6.45. The lowest BCUT2D eigenvalue weighted by Crippen LogP contribution is -2.22. The predicted molar refractivity (Wildman–Crippen MR) is 64.8 cm³/mol. The summed E-state index contributed by atoms with van der Waals surface area (Å²) in [6.07, 6.45) is 1.66. The van der Waals surface area contributed by atoms with Gasteiger partial charge in [-0.3, -0.25) is 0 Å². The maximum Gasteiger partial charge on any atom is 0.0571 e. The van der Waals surface area contributed by atoms with Crippen molar-refractivity contribution in [1.82, 2.24) is 0 Å². The normalized spacial score (nSPS) is 15.3. The van der Waals surface area contributed by atoms with E-state index in [2.05, 4.69) is 32.9 Å². The van der Waals surface area contributed by atoms with E-state index in [1.807, 2.05) is 18.2 Å². The molecule has 0 aliphatic carbocycles. The quantitative estimate of drug-likeness (QED) is 0.784. The van der Waals surface area contributed by atoms with Crippen LogP contribution >= 0.6 is 0 Å². The molecule has 1 N–H and O–H groups in total. The van der Waals surface area contributed by atoms with E-state index in [1.165, 1.54) is 5.56 Å². The van der Waals surface area contributed by atoms with Crippen LogP contribution in [0.25, 0.3) is 0 Å². The number of hydrogen-bond acceptors (Lipinski definition) is 1. The van der Waals surface area contributed by atoms with Gasteiger partial charge in [0.15, 0.2) is 0 Å². The third-order valence-corrected chi connectivity index (χ3v) is 3.23. The molecule has 0 radical (unpaired) electrons. The summed E-state index contributed by atoms with van der Waals surface area (Å²) in [5.74, 6) is 0.935. The first-order valence-corrected chi connectivity index (χ1v) is 5.83. The highest BCUT2D eigenvalue weighted by molar-refractivity contribution is 5.14. The van der Waals surface area contributed by atoms with Crippen molar-refractivity contribution in [3.63, 3.8) is 0 Å². The molecule has 0 aliphatic heterocycles. The van der Waals surface area contributed by atoms with Gasteiger partial charge in [-0.1, -0.05) is 51.1 Å². The molecule has 1 heteroatoms.